The second kappa shape index (κ2) is 8.74. The number of nitriles is 1. The number of likely N-dealkylation sites (tertiary alicyclic amines) is 1. The summed E-state index contributed by atoms with van der Waals surface area (Å²) in [5, 5.41) is 19.5. The number of aliphatic hydroxyl groups excluding tert-OH is 1. The van der Waals surface area contributed by atoms with Gasteiger partial charge in [0.05, 0.1) is 5.76 Å². The lowest BCUT2D eigenvalue weighted by Crippen LogP contribution is -2.44. The molecule has 29 heavy (non-hydrogen) atoms. The van der Waals surface area contributed by atoms with Crippen molar-refractivity contribution >= 4 is 12.0 Å². The summed E-state index contributed by atoms with van der Waals surface area (Å²) in [6.45, 7) is 6.43. The number of hydrogen-bond donors (Lipinski definition) is 1. The van der Waals surface area contributed by atoms with E-state index in [1.807, 2.05) is 31.2 Å². The molecule has 1 aliphatic rings. The van der Waals surface area contributed by atoms with Crippen LogP contribution in [-0.2, 0) is 4.79 Å². The van der Waals surface area contributed by atoms with Crippen molar-refractivity contribution in [3.8, 4) is 6.07 Å². The first-order valence-corrected chi connectivity index (χ1v) is 9.48. The molecule has 0 aliphatic carbocycles. The van der Waals surface area contributed by atoms with Crippen molar-refractivity contribution in [2.75, 3.05) is 13.1 Å². The molecule has 3 rings (SSSR count). The Morgan fingerprint density at radius 2 is 2.00 bits per heavy atom. The number of piperidine rings is 1. The summed E-state index contributed by atoms with van der Waals surface area (Å²) < 4.78 is 13.1. The van der Waals surface area contributed by atoms with E-state index in [2.05, 4.69) is 12.6 Å². The fourth-order valence-electron chi connectivity index (χ4n) is 3.71. The molecule has 2 atom stereocenters. The van der Waals surface area contributed by atoms with Crippen LogP contribution in [0.3, 0.4) is 0 Å². The van der Waals surface area contributed by atoms with Crippen LogP contribution < -0.4 is 0 Å². The van der Waals surface area contributed by atoms with E-state index in [0.29, 0.717) is 25.1 Å². The normalized spacial score (nSPS) is 19.5. The molecule has 1 saturated heterocycles. The lowest BCUT2D eigenvalue weighted by molar-refractivity contribution is -0.128. The van der Waals surface area contributed by atoms with Crippen molar-refractivity contribution in [3.63, 3.8) is 0 Å². The number of rotatable bonds is 4. The number of aryl methyl sites for hydroxylation is 1. The average Bonchev–Trinajstić information content (AvgIpc) is 2.72. The fraction of sp³-hybridized carbons (Fsp3) is 0.250. The molecule has 2 aromatic carbocycles. The molecule has 1 heterocycles. The van der Waals surface area contributed by atoms with Gasteiger partial charge < -0.3 is 10.0 Å². The lowest BCUT2D eigenvalue weighted by atomic mass is 9.83. The van der Waals surface area contributed by atoms with Crippen molar-refractivity contribution in [3.05, 3.63) is 88.9 Å². The first-order valence-electron chi connectivity index (χ1n) is 9.48. The molecule has 0 bridgehead atoms. The second-order valence-corrected chi connectivity index (χ2v) is 7.47. The SMILES string of the molecule is C=C(O)C1CC(c2cccc(C)c2)CN(C(=O)/C(C#N)=C/c2ccc(F)cc2)C1. The molecule has 0 saturated carbocycles. The largest absolute Gasteiger partial charge is 0.513 e. The Bertz CT molecular complexity index is 989. The van der Waals surface area contributed by atoms with Crippen LogP contribution in [-0.4, -0.2) is 29.0 Å². The summed E-state index contributed by atoms with van der Waals surface area (Å²) >= 11 is 0. The van der Waals surface area contributed by atoms with Gasteiger partial charge in [0, 0.05) is 24.9 Å². The van der Waals surface area contributed by atoms with Crippen LogP contribution in [0, 0.1) is 30.0 Å². The summed E-state index contributed by atoms with van der Waals surface area (Å²) in [7, 11) is 0. The van der Waals surface area contributed by atoms with E-state index in [4.69, 9.17) is 0 Å². The molecule has 2 unspecified atom stereocenters. The average molecular weight is 390 g/mol. The zero-order valence-electron chi connectivity index (χ0n) is 16.3. The first-order chi connectivity index (χ1) is 13.9. The van der Waals surface area contributed by atoms with Crippen LogP contribution in [0.2, 0.25) is 0 Å². The van der Waals surface area contributed by atoms with E-state index in [1.54, 1.807) is 4.90 Å². The Labute approximate surface area is 170 Å². The molecule has 0 radical (unpaired) electrons. The molecule has 4 nitrogen and oxygen atoms in total. The topological polar surface area (TPSA) is 64.3 Å². The monoisotopic (exact) mass is 390 g/mol. The molecule has 148 valence electrons. The van der Waals surface area contributed by atoms with Crippen LogP contribution in [0.1, 0.15) is 29.0 Å². The van der Waals surface area contributed by atoms with Gasteiger partial charge in [-0.1, -0.05) is 48.5 Å². The maximum atomic E-state index is 13.1. The number of hydrogen-bond acceptors (Lipinski definition) is 3. The van der Waals surface area contributed by atoms with Gasteiger partial charge in [-0.2, -0.15) is 5.26 Å². The highest BCUT2D eigenvalue weighted by Crippen LogP contribution is 2.33. The number of carbonyl (C=O) groups excluding carboxylic acids is 1. The van der Waals surface area contributed by atoms with Crippen LogP contribution >= 0.6 is 0 Å². The Morgan fingerprint density at radius 3 is 2.62 bits per heavy atom. The molecular formula is C24H23FN2O2. The standard InChI is InChI=1S/C24H23FN2O2/c1-16-4-3-5-19(10-16)22-12-21(17(2)28)14-27(15-22)24(29)20(13-26)11-18-6-8-23(25)9-7-18/h3-11,21-22,28H,2,12,14-15H2,1H3/b20-11+. The van der Waals surface area contributed by atoms with E-state index in [0.717, 1.165) is 11.1 Å². The number of nitrogens with zero attached hydrogens (tertiary/aromatic N) is 2. The van der Waals surface area contributed by atoms with Gasteiger partial charge in [0.25, 0.3) is 5.91 Å². The molecule has 1 aliphatic heterocycles. The van der Waals surface area contributed by atoms with Gasteiger partial charge in [-0.15, -0.1) is 0 Å². The Balaban J connectivity index is 1.88. The lowest BCUT2D eigenvalue weighted by Gasteiger charge is -2.37. The molecule has 5 heteroatoms. The maximum Gasteiger partial charge on any atom is 0.264 e. The van der Waals surface area contributed by atoms with Crippen LogP contribution in [0.15, 0.2) is 66.4 Å². The van der Waals surface area contributed by atoms with Crippen molar-refractivity contribution in [2.45, 2.75) is 19.3 Å². The van der Waals surface area contributed by atoms with E-state index >= 15 is 0 Å². The Morgan fingerprint density at radius 1 is 1.28 bits per heavy atom. The van der Waals surface area contributed by atoms with E-state index in [-0.39, 0.29) is 29.0 Å². The minimum atomic E-state index is -0.402. The molecule has 0 aromatic heterocycles. The van der Waals surface area contributed by atoms with E-state index in [9.17, 15) is 19.6 Å². The zero-order chi connectivity index (χ0) is 21.0. The Kier molecular flexibility index (Phi) is 6.13. The van der Waals surface area contributed by atoms with Gasteiger partial charge in [0.2, 0.25) is 0 Å². The van der Waals surface area contributed by atoms with Gasteiger partial charge in [-0.05, 0) is 42.7 Å². The van der Waals surface area contributed by atoms with Crippen LogP contribution in [0.25, 0.3) is 6.08 Å². The number of amides is 1. The van der Waals surface area contributed by atoms with Crippen LogP contribution in [0.5, 0.6) is 0 Å². The summed E-state index contributed by atoms with van der Waals surface area (Å²) in [6, 6.07) is 15.6. The zero-order valence-corrected chi connectivity index (χ0v) is 16.3. The van der Waals surface area contributed by atoms with Gasteiger partial charge in [0.15, 0.2) is 0 Å². The summed E-state index contributed by atoms with van der Waals surface area (Å²) in [4.78, 5) is 14.7. The fourth-order valence-corrected chi connectivity index (χ4v) is 3.71. The smallest absolute Gasteiger partial charge is 0.264 e. The third kappa shape index (κ3) is 4.91. The van der Waals surface area contributed by atoms with E-state index < -0.39 is 5.91 Å². The minimum Gasteiger partial charge on any atom is -0.513 e. The summed E-state index contributed by atoms with van der Waals surface area (Å²) in [5.41, 5.74) is 2.77. The van der Waals surface area contributed by atoms with Crippen LogP contribution in [0.4, 0.5) is 4.39 Å². The molecule has 1 N–H and O–H groups in total. The quantitative estimate of drug-likeness (QED) is 0.466. The molecule has 1 fully saturated rings. The molecule has 1 amide bonds. The number of benzene rings is 2. The molecule has 0 spiro atoms. The summed E-state index contributed by atoms with van der Waals surface area (Å²) in [5.74, 6) is -0.967. The van der Waals surface area contributed by atoms with Gasteiger partial charge in [0.1, 0.15) is 17.5 Å². The van der Waals surface area contributed by atoms with Crippen molar-refractivity contribution in [1.29, 1.82) is 5.26 Å². The first kappa shape index (κ1) is 20.3. The summed E-state index contributed by atoms with van der Waals surface area (Å²) in [6.07, 6.45) is 2.15. The Hall–Kier alpha value is -3.39. The van der Waals surface area contributed by atoms with Crippen molar-refractivity contribution in [1.82, 2.24) is 4.90 Å². The maximum absolute atomic E-state index is 13.1. The highest BCUT2D eigenvalue weighted by molar-refractivity contribution is 6.01. The van der Waals surface area contributed by atoms with E-state index in [1.165, 1.54) is 30.3 Å². The third-order valence-corrected chi connectivity index (χ3v) is 5.25. The van der Waals surface area contributed by atoms with Gasteiger partial charge in [-0.3, -0.25) is 4.79 Å². The van der Waals surface area contributed by atoms with Crippen molar-refractivity contribution in [2.24, 2.45) is 5.92 Å². The molecule has 2 aromatic rings. The predicted octanol–water partition coefficient (Wildman–Crippen LogP) is 4.75. The number of aliphatic hydroxyl groups is 1. The van der Waals surface area contributed by atoms with Gasteiger partial charge in [-0.25, -0.2) is 4.39 Å². The van der Waals surface area contributed by atoms with Gasteiger partial charge >= 0.3 is 0 Å². The highest BCUT2D eigenvalue weighted by Gasteiger charge is 2.33. The highest BCUT2D eigenvalue weighted by atomic mass is 19.1. The second-order valence-electron chi connectivity index (χ2n) is 7.47. The van der Waals surface area contributed by atoms with Crippen molar-refractivity contribution < 1.29 is 14.3 Å². The third-order valence-electron chi connectivity index (χ3n) is 5.25. The number of halogens is 1. The molecular weight excluding hydrogens is 367 g/mol. The predicted molar refractivity (Wildman–Crippen MR) is 110 cm³/mol. The number of carbonyl (C=O) groups is 1. The minimum absolute atomic E-state index is 0.0243.